The normalized spacial score (nSPS) is 11.0. The van der Waals surface area contributed by atoms with Gasteiger partial charge in [0.05, 0.1) is 5.56 Å². The standard InChI is InChI=1S/C17H10O2.CH4/c18-17(19)14-9-7-12-5-4-10-2-1-3-11-6-8-13(14)16(12)15(10)11;/h1-9H,(H,18,19);1H4. The number of hydrogen-bond acceptors (Lipinski definition) is 1. The summed E-state index contributed by atoms with van der Waals surface area (Å²) in [4.78, 5) is 11.3. The van der Waals surface area contributed by atoms with Gasteiger partial charge >= 0.3 is 5.97 Å². The third-order valence-corrected chi connectivity index (χ3v) is 3.76. The molecule has 0 aliphatic carbocycles. The van der Waals surface area contributed by atoms with Crippen molar-refractivity contribution in [1.29, 1.82) is 0 Å². The molecule has 2 nitrogen and oxygen atoms in total. The lowest BCUT2D eigenvalue weighted by atomic mass is 9.92. The van der Waals surface area contributed by atoms with Crippen molar-refractivity contribution in [2.75, 3.05) is 0 Å². The lowest BCUT2D eigenvalue weighted by Crippen LogP contribution is -1.98. The van der Waals surface area contributed by atoms with Crippen molar-refractivity contribution in [3.8, 4) is 0 Å². The summed E-state index contributed by atoms with van der Waals surface area (Å²) in [6.45, 7) is 0. The molecule has 20 heavy (non-hydrogen) atoms. The highest BCUT2D eigenvalue weighted by Crippen LogP contribution is 2.35. The SMILES string of the molecule is C.O=C(O)c1ccc2ccc3cccc4ccc1c2c34. The molecule has 0 fully saturated rings. The Morgan fingerprint density at radius 3 is 1.95 bits per heavy atom. The topological polar surface area (TPSA) is 37.3 Å². The third-order valence-electron chi connectivity index (χ3n) is 3.76. The molecule has 0 amide bonds. The Morgan fingerprint density at radius 2 is 1.30 bits per heavy atom. The Bertz CT molecular complexity index is 922. The van der Waals surface area contributed by atoms with Crippen molar-refractivity contribution in [1.82, 2.24) is 0 Å². The summed E-state index contributed by atoms with van der Waals surface area (Å²) in [5.41, 5.74) is 0.366. The maximum absolute atomic E-state index is 11.3. The van der Waals surface area contributed by atoms with E-state index in [9.17, 15) is 9.90 Å². The molecule has 0 saturated heterocycles. The molecule has 1 N–H and O–H groups in total. The maximum Gasteiger partial charge on any atom is 0.336 e. The first kappa shape index (κ1) is 12.4. The number of carbonyl (C=O) groups is 1. The van der Waals surface area contributed by atoms with E-state index in [4.69, 9.17) is 0 Å². The van der Waals surface area contributed by atoms with Crippen LogP contribution in [0.15, 0.2) is 54.6 Å². The molecule has 0 saturated carbocycles. The van der Waals surface area contributed by atoms with Crippen LogP contribution in [0.3, 0.4) is 0 Å². The second kappa shape index (κ2) is 4.20. The zero-order chi connectivity index (χ0) is 13.0. The average molecular weight is 262 g/mol. The zero-order valence-electron chi connectivity index (χ0n) is 10.1. The van der Waals surface area contributed by atoms with Crippen LogP contribution < -0.4 is 0 Å². The van der Waals surface area contributed by atoms with E-state index in [2.05, 4.69) is 24.3 Å². The Hall–Kier alpha value is -2.61. The second-order valence-electron chi connectivity index (χ2n) is 4.77. The number of hydrogen-bond donors (Lipinski definition) is 1. The lowest BCUT2D eigenvalue weighted by molar-refractivity contribution is 0.0699. The van der Waals surface area contributed by atoms with Gasteiger partial charge in [0.25, 0.3) is 0 Å². The van der Waals surface area contributed by atoms with Crippen LogP contribution in [0.2, 0.25) is 0 Å². The fourth-order valence-electron chi connectivity index (χ4n) is 2.92. The van der Waals surface area contributed by atoms with E-state index >= 15 is 0 Å². The monoisotopic (exact) mass is 262 g/mol. The average Bonchev–Trinajstić information content (AvgIpc) is 2.44. The first-order chi connectivity index (χ1) is 9.25. The van der Waals surface area contributed by atoms with Crippen LogP contribution in [0.4, 0.5) is 0 Å². The molecule has 0 bridgehead atoms. The lowest BCUT2D eigenvalue weighted by Gasteiger charge is -2.11. The van der Waals surface area contributed by atoms with Crippen molar-refractivity contribution in [3.63, 3.8) is 0 Å². The van der Waals surface area contributed by atoms with Gasteiger partial charge in [0.15, 0.2) is 0 Å². The zero-order valence-corrected chi connectivity index (χ0v) is 10.1. The molecule has 0 unspecified atom stereocenters. The van der Waals surface area contributed by atoms with Gasteiger partial charge in [-0.3, -0.25) is 0 Å². The van der Waals surface area contributed by atoms with E-state index in [1.165, 1.54) is 0 Å². The molecule has 0 aliphatic rings. The van der Waals surface area contributed by atoms with Gasteiger partial charge in [-0.05, 0) is 38.4 Å². The molecule has 98 valence electrons. The Kier molecular flexibility index (Phi) is 2.61. The molecular formula is C18H14O2. The van der Waals surface area contributed by atoms with Gasteiger partial charge in [-0.1, -0.05) is 56.0 Å². The summed E-state index contributed by atoms with van der Waals surface area (Å²) in [5.74, 6) is -0.877. The number of aromatic carboxylic acids is 1. The first-order valence-corrected chi connectivity index (χ1v) is 6.15. The van der Waals surface area contributed by atoms with E-state index in [0.29, 0.717) is 5.56 Å². The number of carboxylic acid groups (broad SMARTS) is 1. The molecule has 0 spiro atoms. The van der Waals surface area contributed by atoms with Gasteiger partial charge in [0.2, 0.25) is 0 Å². The maximum atomic E-state index is 11.3. The fourth-order valence-corrected chi connectivity index (χ4v) is 2.92. The molecule has 0 aromatic heterocycles. The van der Waals surface area contributed by atoms with Gasteiger partial charge in [-0.15, -0.1) is 0 Å². The van der Waals surface area contributed by atoms with E-state index < -0.39 is 5.97 Å². The molecule has 2 heteroatoms. The Balaban J connectivity index is 0.00000121. The van der Waals surface area contributed by atoms with Gasteiger partial charge in [0.1, 0.15) is 0 Å². The third kappa shape index (κ3) is 1.48. The fraction of sp³-hybridized carbons (Fsp3) is 0.0556. The highest BCUT2D eigenvalue weighted by molar-refractivity contribution is 6.25. The van der Waals surface area contributed by atoms with Crippen molar-refractivity contribution in [3.05, 3.63) is 60.2 Å². The van der Waals surface area contributed by atoms with Gasteiger partial charge in [-0.2, -0.15) is 0 Å². The van der Waals surface area contributed by atoms with Crippen molar-refractivity contribution >= 4 is 38.3 Å². The second-order valence-corrected chi connectivity index (χ2v) is 4.77. The van der Waals surface area contributed by atoms with Crippen LogP contribution in [0.25, 0.3) is 32.3 Å². The van der Waals surface area contributed by atoms with E-state index in [1.54, 1.807) is 6.07 Å². The minimum Gasteiger partial charge on any atom is -0.478 e. The van der Waals surface area contributed by atoms with Gasteiger partial charge in [0, 0.05) is 0 Å². The molecular weight excluding hydrogens is 248 g/mol. The Morgan fingerprint density at radius 1 is 0.750 bits per heavy atom. The van der Waals surface area contributed by atoms with Gasteiger partial charge < -0.3 is 5.11 Å². The molecule has 0 atom stereocenters. The summed E-state index contributed by atoms with van der Waals surface area (Å²) < 4.78 is 0. The Labute approximate surface area is 116 Å². The van der Waals surface area contributed by atoms with Crippen LogP contribution >= 0.6 is 0 Å². The van der Waals surface area contributed by atoms with Gasteiger partial charge in [-0.25, -0.2) is 4.79 Å². The van der Waals surface area contributed by atoms with Crippen LogP contribution in [-0.2, 0) is 0 Å². The smallest absolute Gasteiger partial charge is 0.336 e. The first-order valence-electron chi connectivity index (χ1n) is 6.15. The summed E-state index contributed by atoms with van der Waals surface area (Å²) >= 11 is 0. The number of carboxylic acids is 1. The van der Waals surface area contributed by atoms with Crippen LogP contribution in [0.1, 0.15) is 17.8 Å². The van der Waals surface area contributed by atoms with Crippen LogP contribution in [0, 0.1) is 0 Å². The number of benzene rings is 4. The summed E-state index contributed by atoms with van der Waals surface area (Å²) in [5, 5.41) is 15.7. The molecule has 4 rings (SSSR count). The molecule has 4 aromatic carbocycles. The summed E-state index contributed by atoms with van der Waals surface area (Å²) in [6.07, 6.45) is 0. The molecule has 0 heterocycles. The summed E-state index contributed by atoms with van der Waals surface area (Å²) in [7, 11) is 0. The van der Waals surface area contributed by atoms with E-state index in [1.807, 2.05) is 24.3 Å². The number of rotatable bonds is 1. The summed E-state index contributed by atoms with van der Waals surface area (Å²) in [6, 6.07) is 17.8. The molecule has 4 aromatic rings. The molecule has 0 aliphatic heterocycles. The minimum atomic E-state index is -0.877. The van der Waals surface area contributed by atoms with E-state index in [-0.39, 0.29) is 7.43 Å². The van der Waals surface area contributed by atoms with Crippen LogP contribution in [0.5, 0.6) is 0 Å². The van der Waals surface area contributed by atoms with Crippen molar-refractivity contribution in [2.24, 2.45) is 0 Å². The highest BCUT2D eigenvalue weighted by atomic mass is 16.4. The minimum absolute atomic E-state index is 0. The predicted molar refractivity (Wildman–Crippen MR) is 83.8 cm³/mol. The van der Waals surface area contributed by atoms with Crippen LogP contribution in [-0.4, -0.2) is 11.1 Å². The molecule has 0 radical (unpaired) electrons. The predicted octanol–water partition coefficient (Wildman–Crippen LogP) is 4.92. The largest absolute Gasteiger partial charge is 0.478 e. The van der Waals surface area contributed by atoms with Crippen molar-refractivity contribution in [2.45, 2.75) is 7.43 Å². The van der Waals surface area contributed by atoms with E-state index in [0.717, 1.165) is 32.3 Å². The van der Waals surface area contributed by atoms with Crippen molar-refractivity contribution < 1.29 is 9.90 Å². The quantitative estimate of drug-likeness (QED) is 0.494. The highest BCUT2D eigenvalue weighted by Gasteiger charge is 2.13.